The second-order valence-corrected chi connectivity index (χ2v) is 3.46. The van der Waals surface area contributed by atoms with Gasteiger partial charge in [-0.3, -0.25) is 4.79 Å². The maximum Gasteiger partial charge on any atom is 0.320 e. The lowest BCUT2D eigenvalue weighted by atomic mass is 10.2. The molecule has 96 valence electrons. The van der Waals surface area contributed by atoms with E-state index in [1.165, 1.54) is 18.7 Å². The number of H-pyrrole nitrogens is 1. The Hall–Kier alpha value is -2.41. The highest BCUT2D eigenvalue weighted by Gasteiger charge is 2.11. The number of hydrogen-bond donors (Lipinski definition) is 3. The van der Waals surface area contributed by atoms with Gasteiger partial charge in [0.2, 0.25) is 0 Å². The van der Waals surface area contributed by atoms with E-state index in [2.05, 4.69) is 9.97 Å². The lowest BCUT2D eigenvalue weighted by Gasteiger charge is -2.02. The van der Waals surface area contributed by atoms with Crippen LogP contribution in [0.2, 0.25) is 0 Å². The maximum atomic E-state index is 10.3. The number of pyridine rings is 1. The van der Waals surface area contributed by atoms with Crippen LogP contribution in [0.3, 0.4) is 0 Å². The van der Waals surface area contributed by atoms with Gasteiger partial charge in [0.1, 0.15) is 6.04 Å². The van der Waals surface area contributed by atoms with E-state index < -0.39 is 12.0 Å². The van der Waals surface area contributed by atoms with Crippen molar-refractivity contribution in [1.29, 1.82) is 0 Å². The number of nitrogens with two attached hydrogens (primary N) is 1. The number of rotatable bonds is 3. The van der Waals surface area contributed by atoms with Crippen LogP contribution in [0.15, 0.2) is 43.1 Å². The Bertz CT molecular complexity index is 458. The number of aromatic amines is 1. The lowest BCUT2D eigenvalue weighted by molar-refractivity contribution is -0.605. The molecule has 4 N–H and O–H groups in total. The molecule has 2 heterocycles. The molecule has 1 unspecified atom stereocenters. The Morgan fingerprint density at radius 1 is 1.50 bits per heavy atom. The van der Waals surface area contributed by atoms with Gasteiger partial charge in [-0.15, -0.1) is 0 Å². The van der Waals surface area contributed by atoms with Crippen LogP contribution in [-0.4, -0.2) is 27.1 Å². The van der Waals surface area contributed by atoms with Crippen molar-refractivity contribution in [1.82, 2.24) is 9.97 Å². The van der Waals surface area contributed by atoms with E-state index in [0.717, 1.165) is 10.4 Å². The summed E-state index contributed by atoms with van der Waals surface area (Å²) in [4.78, 5) is 16.8. The first-order valence-corrected chi connectivity index (χ1v) is 5.19. The first-order valence-electron chi connectivity index (χ1n) is 5.19. The molecule has 18 heavy (non-hydrogen) atoms. The van der Waals surface area contributed by atoms with Gasteiger partial charge in [-0.25, -0.2) is 4.98 Å². The van der Waals surface area contributed by atoms with E-state index in [1.807, 2.05) is 0 Å². The molecule has 0 saturated carbocycles. The average Bonchev–Trinajstić information content (AvgIpc) is 2.83. The summed E-state index contributed by atoms with van der Waals surface area (Å²) in [6.45, 7) is 0. The summed E-state index contributed by atoms with van der Waals surface area (Å²) in [6.07, 6.45) is 6.22. The predicted octanol–water partition coefficient (Wildman–Crippen LogP) is -0.316. The highest BCUT2D eigenvalue weighted by molar-refractivity contribution is 5.73. The SMILES string of the molecule is NC(Cc1cnc[nH]1)C(=O)O.[O-][n+]1ccccc1. The third-order valence-electron chi connectivity index (χ3n) is 2.00. The van der Waals surface area contributed by atoms with Gasteiger partial charge < -0.3 is 21.0 Å². The molecular weight excluding hydrogens is 236 g/mol. The van der Waals surface area contributed by atoms with Gasteiger partial charge in [0.05, 0.1) is 6.33 Å². The van der Waals surface area contributed by atoms with E-state index in [0.29, 0.717) is 0 Å². The van der Waals surface area contributed by atoms with Gasteiger partial charge in [0, 0.05) is 30.4 Å². The normalized spacial score (nSPS) is 11.2. The van der Waals surface area contributed by atoms with Crippen molar-refractivity contribution in [2.45, 2.75) is 12.5 Å². The van der Waals surface area contributed by atoms with E-state index in [4.69, 9.17) is 10.8 Å². The molecule has 0 aliphatic carbocycles. The molecule has 0 spiro atoms. The van der Waals surface area contributed by atoms with Gasteiger partial charge in [-0.05, 0) is 0 Å². The standard InChI is InChI=1S/C6H9N3O2.C5H5NO/c7-5(6(10)11)1-4-2-8-3-9-4;7-6-4-2-1-3-5-6/h2-3,5H,1,7H2,(H,8,9)(H,10,11);1-5H. The van der Waals surface area contributed by atoms with Crippen molar-refractivity contribution in [2.75, 3.05) is 0 Å². The molecule has 2 aromatic rings. The van der Waals surface area contributed by atoms with Crippen molar-refractivity contribution in [3.8, 4) is 0 Å². The Morgan fingerprint density at radius 2 is 2.17 bits per heavy atom. The minimum atomic E-state index is -1.00. The molecule has 0 amide bonds. The number of aliphatic carboxylic acids is 1. The second kappa shape index (κ2) is 7.02. The van der Waals surface area contributed by atoms with Crippen molar-refractivity contribution < 1.29 is 14.6 Å². The molecule has 0 aromatic carbocycles. The number of nitrogens with zero attached hydrogens (tertiary/aromatic N) is 2. The fourth-order valence-corrected chi connectivity index (χ4v) is 1.10. The van der Waals surface area contributed by atoms with Crippen molar-refractivity contribution in [3.63, 3.8) is 0 Å². The summed E-state index contributed by atoms with van der Waals surface area (Å²) in [5.41, 5.74) is 6.00. The molecule has 0 bridgehead atoms. The Labute approximate surface area is 103 Å². The minimum absolute atomic E-state index is 0.287. The first kappa shape index (κ1) is 13.7. The van der Waals surface area contributed by atoms with Crippen LogP contribution in [0.4, 0.5) is 0 Å². The number of nitrogens with one attached hydrogen (secondary N) is 1. The van der Waals surface area contributed by atoms with Crippen molar-refractivity contribution >= 4 is 5.97 Å². The molecule has 0 fully saturated rings. The molecule has 2 aromatic heterocycles. The largest absolute Gasteiger partial charge is 0.619 e. The Balaban J connectivity index is 0.000000199. The third-order valence-corrected chi connectivity index (χ3v) is 2.00. The minimum Gasteiger partial charge on any atom is -0.619 e. The van der Waals surface area contributed by atoms with Crippen LogP contribution in [0.25, 0.3) is 0 Å². The zero-order chi connectivity index (χ0) is 13.4. The van der Waals surface area contributed by atoms with Gasteiger partial charge in [-0.2, -0.15) is 4.73 Å². The summed E-state index contributed by atoms with van der Waals surface area (Å²) in [6, 6.07) is 4.32. The molecule has 0 aliphatic rings. The summed E-state index contributed by atoms with van der Waals surface area (Å²) in [7, 11) is 0. The Morgan fingerprint density at radius 3 is 2.56 bits per heavy atom. The van der Waals surface area contributed by atoms with Crippen LogP contribution in [0.1, 0.15) is 5.69 Å². The number of carboxylic acids is 1. The average molecular weight is 250 g/mol. The van der Waals surface area contributed by atoms with E-state index >= 15 is 0 Å². The number of carboxylic acid groups (broad SMARTS) is 1. The predicted molar refractivity (Wildman–Crippen MR) is 63.3 cm³/mol. The number of aromatic nitrogens is 3. The molecule has 0 saturated heterocycles. The maximum absolute atomic E-state index is 10.3. The summed E-state index contributed by atoms with van der Waals surface area (Å²) < 4.78 is 0.750. The first-order chi connectivity index (χ1) is 8.59. The fourth-order valence-electron chi connectivity index (χ4n) is 1.10. The second-order valence-electron chi connectivity index (χ2n) is 3.46. The molecule has 0 aliphatic heterocycles. The zero-order valence-corrected chi connectivity index (χ0v) is 9.56. The number of hydrogen-bond acceptors (Lipinski definition) is 4. The smallest absolute Gasteiger partial charge is 0.320 e. The summed E-state index contributed by atoms with van der Waals surface area (Å²) in [5.74, 6) is -1.00. The fraction of sp³-hybridized carbons (Fsp3) is 0.182. The van der Waals surface area contributed by atoms with Crippen LogP contribution in [-0.2, 0) is 11.2 Å². The molecule has 2 rings (SSSR count). The van der Waals surface area contributed by atoms with E-state index in [1.54, 1.807) is 24.4 Å². The molecule has 7 nitrogen and oxygen atoms in total. The highest BCUT2D eigenvalue weighted by Crippen LogP contribution is 1.95. The van der Waals surface area contributed by atoms with Crippen LogP contribution < -0.4 is 10.5 Å². The van der Waals surface area contributed by atoms with E-state index in [-0.39, 0.29) is 6.42 Å². The molecule has 7 heteroatoms. The summed E-state index contributed by atoms with van der Waals surface area (Å²) in [5, 5.41) is 18.6. The quantitative estimate of drug-likeness (QED) is 0.509. The van der Waals surface area contributed by atoms with Gasteiger partial charge in [0.25, 0.3) is 0 Å². The molecule has 1 atom stereocenters. The zero-order valence-electron chi connectivity index (χ0n) is 9.56. The topological polar surface area (TPSA) is 119 Å². The van der Waals surface area contributed by atoms with Gasteiger partial charge in [0.15, 0.2) is 12.4 Å². The van der Waals surface area contributed by atoms with Crippen LogP contribution in [0.5, 0.6) is 0 Å². The number of imidazole rings is 1. The lowest BCUT2D eigenvalue weighted by Crippen LogP contribution is -2.32. The molecule has 0 radical (unpaired) electrons. The van der Waals surface area contributed by atoms with E-state index in [9.17, 15) is 10.0 Å². The van der Waals surface area contributed by atoms with Crippen LogP contribution >= 0.6 is 0 Å². The highest BCUT2D eigenvalue weighted by atomic mass is 16.5. The van der Waals surface area contributed by atoms with Crippen molar-refractivity contribution in [2.24, 2.45) is 5.73 Å². The summed E-state index contributed by atoms with van der Waals surface area (Å²) >= 11 is 0. The van der Waals surface area contributed by atoms with Gasteiger partial charge in [-0.1, -0.05) is 6.07 Å². The Kier molecular flexibility index (Phi) is 5.33. The third kappa shape index (κ3) is 5.08. The number of carbonyl (C=O) groups is 1. The van der Waals surface area contributed by atoms with Crippen molar-refractivity contribution in [3.05, 3.63) is 54.0 Å². The monoisotopic (exact) mass is 250 g/mol. The van der Waals surface area contributed by atoms with Crippen LogP contribution in [0, 0.1) is 5.21 Å². The van der Waals surface area contributed by atoms with Gasteiger partial charge >= 0.3 is 5.97 Å². The molecular formula is C11H14N4O3.